The molecule has 16 heteroatoms. The van der Waals surface area contributed by atoms with Gasteiger partial charge in [0.05, 0.1) is 46.8 Å². The third kappa shape index (κ3) is 10.1. The van der Waals surface area contributed by atoms with E-state index in [0.29, 0.717) is 11.5 Å². The lowest BCUT2D eigenvalue weighted by Crippen LogP contribution is -3.11. The Balaban J connectivity index is 0.000000811. The van der Waals surface area contributed by atoms with Crippen LogP contribution < -0.4 is 30.1 Å². The number of aromatic nitrogens is 4. The third-order valence-corrected chi connectivity index (χ3v) is 10.5. The topological polar surface area (TPSA) is 183 Å². The molecular formula is C41H52N6O9P+. The quantitative estimate of drug-likeness (QED) is 0.0952. The van der Waals surface area contributed by atoms with Crippen LogP contribution in [0, 0.1) is 5.92 Å². The van der Waals surface area contributed by atoms with Crippen LogP contribution >= 0.6 is 8.25 Å². The van der Waals surface area contributed by atoms with Gasteiger partial charge in [-0.3, -0.25) is 24.5 Å². The Bertz CT molecular complexity index is 2070. The summed E-state index contributed by atoms with van der Waals surface area (Å²) in [5.41, 5.74) is 0.745. The van der Waals surface area contributed by atoms with Crippen molar-refractivity contribution in [2.45, 2.75) is 65.1 Å². The maximum absolute atomic E-state index is 12.8. The summed E-state index contributed by atoms with van der Waals surface area (Å²) in [7, 11) is -0.0855. The van der Waals surface area contributed by atoms with E-state index in [2.05, 4.69) is 41.0 Å². The van der Waals surface area contributed by atoms with Crippen molar-refractivity contribution in [1.82, 2.24) is 19.5 Å². The number of hydrogen-bond donors (Lipinski definition) is 3. The fraction of sp³-hybridized carbons (Fsp3) is 0.415. The SMILES string of the molecule is CC[NH+](CC)CC.COc1ccc(C(OC[C@H]2O[C@@H](n3cnc4c(=O)[nH]c(NC(=O)C(C)C)nc43)C[C@H]2O[P+](=O)[O-])(c2ccccc2)c2ccc(OC)cc2)cc1. The summed E-state index contributed by atoms with van der Waals surface area (Å²) in [6.07, 6.45) is -1.25. The number of benzene rings is 3. The van der Waals surface area contributed by atoms with Crippen LogP contribution in [0.3, 0.4) is 0 Å². The van der Waals surface area contributed by atoms with Gasteiger partial charge in [-0.25, -0.2) is 4.98 Å². The van der Waals surface area contributed by atoms with Crippen molar-refractivity contribution in [3.05, 3.63) is 112 Å². The first kappa shape index (κ1) is 43.1. The molecule has 304 valence electrons. The van der Waals surface area contributed by atoms with Gasteiger partial charge in [0.25, 0.3) is 5.56 Å². The molecule has 0 spiro atoms. The second-order valence-corrected chi connectivity index (χ2v) is 14.4. The number of anilines is 1. The normalized spacial score (nSPS) is 17.0. The standard InChI is InChI=1S/C35H36N5O9P.C6H15N/c1-21(2)32(41)38-34-37-31-30(33(42)39-34)36-20-40(31)29-18-27(49-50(43)44)28(48-29)19-47-35(22-8-6-5-7-9-22,23-10-14-25(45-3)15-11-23)24-12-16-26(46-4)17-13-24;1-4-7(5-2)6-3/h5-17,20-21,27-29H,18-19H2,1-4H3,(H2,37,38,39,41,42);4-6H2,1-3H3/p+1/t27-,28-,29-;/m1./s1. The number of methoxy groups -OCH3 is 2. The molecule has 57 heavy (non-hydrogen) atoms. The van der Waals surface area contributed by atoms with Crippen LogP contribution in [0.15, 0.2) is 90.0 Å². The molecule has 1 saturated heterocycles. The summed E-state index contributed by atoms with van der Waals surface area (Å²) in [6.45, 7) is 13.8. The Morgan fingerprint density at radius 3 is 2.02 bits per heavy atom. The van der Waals surface area contributed by atoms with Crippen LogP contribution in [0.4, 0.5) is 5.95 Å². The summed E-state index contributed by atoms with van der Waals surface area (Å²) in [5, 5.41) is 2.60. The molecule has 2 aromatic heterocycles. The van der Waals surface area contributed by atoms with E-state index in [1.165, 1.54) is 30.5 Å². The highest BCUT2D eigenvalue weighted by molar-refractivity contribution is 7.30. The minimum atomic E-state index is -3.26. The van der Waals surface area contributed by atoms with E-state index in [-0.39, 0.29) is 42.0 Å². The molecule has 15 nitrogen and oxygen atoms in total. The van der Waals surface area contributed by atoms with Crippen LogP contribution in [0.2, 0.25) is 0 Å². The summed E-state index contributed by atoms with van der Waals surface area (Å²) < 4.78 is 43.1. The van der Waals surface area contributed by atoms with Crippen molar-refractivity contribution in [3.63, 3.8) is 0 Å². The van der Waals surface area contributed by atoms with E-state index in [9.17, 15) is 19.0 Å². The molecule has 0 bridgehead atoms. The minimum absolute atomic E-state index is 0.0188. The molecule has 1 aliphatic heterocycles. The Kier molecular flexibility index (Phi) is 15.1. The zero-order chi connectivity index (χ0) is 41.1. The Hall–Kier alpha value is -5.02. The molecule has 1 amide bonds. The average molecular weight is 804 g/mol. The highest BCUT2D eigenvalue weighted by Gasteiger charge is 2.45. The molecule has 6 rings (SSSR count). The number of hydrogen-bond acceptors (Lipinski definition) is 11. The molecule has 3 heterocycles. The van der Waals surface area contributed by atoms with Crippen LogP contribution in [0.25, 0.3) is 11.2 Å². The monoisotopic (exact) mass is 803 g/mol. The van der Waals surface area contributed by atoms with E-state index < -0.39 is 37.9 Å². The van der Waals surface area contributed by atoms with Crippen LogP contribution in [0.5, 0.6) is 11.5 Å². The van der Waals surface area contributed by atoms with E-state index >= 15 is 0 Å². The number of aromatic amines is 1. The highest BCUT2D eigenvalue weighted by Crippen LogP contribution is 2.43. The van der Waals surface area contributed by atoms with Gasteiger partial charge in [0.15, 0.2) is 11.2 Å². The van der Waals surface area contributed by atoms with E-state index in [1.807, 2.05) is 78.9 Å². The van der Waals surface area contributed by atoms with E-state index in [4.69, 9.17) is 23.5 Å². The lowest BCUT2D eigenvalue weighted by Gasteiger charge is -2.37. The minimum Gasteiger partial charge on any atom is -0.566 e. The number of carbonyl (C=O) groups excluding carboxylic acids is 1. The van der Waals surface area contributed by atoms with E-state index in [0.717, 1.165) is 16.7 Å². The van der Waals surface area contributed by atoms with Crippen LogP contribution in [-0.2, 0) is 29.0 Å². The number of imidazole rings is 1. The molecule has 0 saturated carbocycles. The van der Waals surface area contributed by atoms with Gasteiger partial charge in [-0.05, 0) is 66.3 Å². The van der Waals surface area contributed by atoms with Crippen molar-refractivity contribution >= 4 is 31.3 Å². The predicted molar refractivity (Wildman–Crippen MR) is 213 cm³/mol. The number of nitrogens with one attached hydrogen (secondary N) is 3. The molecule has 1 unspecified atom stereocenters. The fourth-order valence-electron chi connectivity index (χ4n) is 6.73. The number of carbonyl (C=O) groups is 1. The van der Waals surface area contributed by atoms with Gasteiger partial charge in [-0.2, -0.15) is 4.98 Å². The molecular weight excluding hydrogens is 751 g/mol. The number of nitrogens with zero attached hydrogens (tertiary/aromatic N) is 3. The van der Waals surface area contributed by atoms with Crippen molar-refractivity contribution in [2.75, 3.05) is 45.8 Å². The van der Waals surface area contributed by atoms with Gasteiger partial charge < -0.3 is 28.7 Å². The predicted octanol–water partition coefficient (Wildman–Crippen LogP) is 4.36. The molecule has 1 fully saturated rings. The third-order valence-electron chi connectivity index (χ3n) is 10.0. The lowest BCUT2D eigenvalue weighted by molar-refractivity contribution is -0.894. The zero-order valence-electron chi connectivity index (χ0n) is 33.4. The van der Waals surface area contributed by atoms with Crippen LogP contribution in [-0.4, -0.2) is 78.1 Å². The Labute approximate surface area is 333 Å². The largest absolute Gasteiger partial charge is 0.566 e. The maximum Gasteiger partial charge on any atom is 0.488 e. The second-order valence-electron chi connectivity index (χ2n) is 13.7. The van der Waals surface area contributed by atoms with Crippen molar-refractivity contribution in [3.8, 4) is 11.5 Å². The summed E-state index contributed by atoms with van der Waals surface area (Å²) in [4.78, 5) is 49.9. The van der Waals surface area contributed by atoms with Crippen molar-refractivity contribution < 1.29 is 42.6 Å². The van der Waals surface area contributed by atoms with Gasteiger partial charge in [0.1, 0.15) is 35.5 Å². The number of fused-ring (bicyclic) bond motifs is 1. The van der Waals surface area contributed by atoms with Gasteiger partial charge in [0, 0.05) is 12.3 Å². The summed E-state index contributed by atoms with van der Waals surface area (Å²) in [5.74, 6) is 0.573. The highest BCUT2D eigenvalue weighted by atomic mass is 31.1. The molecule has 4 atom stereocenters. The maximum atomic E-state index is 12.8. The first-order valence-corrected chi connectivity index (χ1v) is 20.1. The zero-order valence-corrected chi connectivity index (χ0v) is 34.3. The first-order valence-electron chi connectivity index (χ1n) is 19.0. The smallest absolute Gasteiger partial charge is 0.488 e. The Morgan fingerprint density at radius 2 is 1.53 bits per heavy atom. The van der Waals surface area contributed by atoms with Crippen molar-refractivity contribution in [2.24, 2.45) is 5.92 Å². The fourth-order valence-corrected chi connectivity index (χ4v) is 7.17. The second kappa shape index (κ2) is 19.9. The number of amides is 1. The molecule has 0 aliphatic carbocycles. The molecule has 1 aliphatic rings. The van der Waals surface area contributed by atoms with Gasteiger partial charge in [0.2, 0.25) is 11.9 Å². The van der Waals surface area contributed by atoms with Crippen molar-refractivity contribution in [1.29, 1.82) is 0 Å². The molecule has 3 aromatic carbocycles. The van der Waals surface area contributed by atoms with Crippen LogP contribution in [0.1, 0.15) is 64.0 Å². The number of ether oxygens (including phenoxy) is 4. The van der Waals surface area contributed by atoms with Gasteiger partial charge >= 0.3 is 8.25 Å². The molecule has 3 N–H and O–H groups in total. The number of rotatable bonds is 16. The van der Waals surface area contributed by atoms with Gasteiger partial charge in [-0.15, -0.1) is 4.52 Å². The van der Waals surface area contributed by atoms with Gasteiger partial charge in [-0.1, -0.05) is 68.4 Å². The molecule has 0 radical (unpaired) electrons. The molecule has 5 aromatic rings. The summed E-state index contributed by atoms with van der Waals surface area (Å²) in [6, 6.07) is 24.6. The number of quaternary nitrogens is 1. The number of H-pyrrole nitrogens is 1. The first-order chi connectivity index (χ1) is 27.5. The Morgan fingerprint density at radius 1 is 0.965 bits per heavy atom. The lowest BCUT2D eigenvalue weighted by atomic mass is 9.80. The van der Waals surface area contributed by atoms with E-state index in [1.54, 1.807) is 33.0 Å². The summed E-state index contributed by atoms with van der Waals surface area (Å²) >= 11 is 0. The average Bonchev–Trinajstić information content (AvgIpc) is 3.83.